The lowest BCUT2D eigenvalue weighted by Crippen LogP contribution is -2.32. The normalized spacial score (nSPS) is 16.5. The molecule has 148 valence electrons. The van der Waals surface area contributed by atoms with E-state index in [0.29, 0.717) is 12.1 Å². The Morgan fingerprint density at radius 3 is 2.71 bits per heavy atom. The number of amides is 2. The van der Waals surface area contributed by atoms with Crippen LogP contribution in [-0.2, 0) is 16.1 Å². The van der Waals surface area contributed by atoms with Gasteiger partial charge in [0.2, 0.25) is 11.8 Å². The largest absolute Gasteiger partial charge is 0.435 e. The highest BCUT2D eigenvalue weighted by molar-refractivity contribution is 7.98. The van der Waals surface area contributed by atoms with Crippen LogP contribution in [0.3, 0.4) is 0 Å². The Balaban J connectivity index is 1.57. The Kier molecular flexibility index (Phi) is 6.51. The van der Waals surface area contributed by atoms with Gasteiger partial charge in [-0.1, -0.05) is 12.1 Å². The first-order valence-corrected chi connectivity index (χ1v) is 9.94. The van der Waals surface area contributed by atoms with Crippen LogP contribution in [0.1, 0.15) is 12.0 Å². The number of halogens is 2. The topological polar surface area (TPSA) is 58.6 Å². The third-order valence-electron chi connectivity index (χ3n) is 4.47. The Labute approximate surface area is 166 Å². The first-order chi connectivity index (χ1) is 13.5. The van der Waals surface area contributed by atoms with E-state index in [1.54, 1.807) is 28.8 Å². The Morgan fingerprint density at radius 1 is 1.29 bits per heavy atom. The van der Waals surface area contributed by atoms with Gasteiger partial charge < -0.3 is 15.0 Å². The van der Waals surface area contributed by atoms with E-state index in [-0.39, 0.29) is 30.5 Å². The molecule has 0 saturated carbocycles. The SMILES string of the molecule is CSc1ccc(N2CC(C(=O)NCc3cccc(OC(F)F)c3)CC2=O)cc1. The van der Waals surface area contributed by atoms with Gasteiger partial charge in [-0.2, -0.15) is 8.78 Å². The summed E-state index contributed by atoms with van der Waals surface area (Å²) in [5.74, 6) is -0.743. The molecule has 5 nitrogen and oxygen atoms in total. The van der Waals surface area contributed by atoms with E-state index < -0.39 is 12.5 Å². The number of anilines is 1. The molecule has 1 fully saturated rings. The molecule has 8 heteroatoms. The predicted molar refractivity (Wildman–Crippen MR) is 104 cm³/mol. The fourth-order valence-electron chi connectivity index (χ4n) is 3.06. The summed E-state index contributed by atoms with van der Waals surface area (Å²) in [6.07, 6.45) is 2.12. The van der Waals surface area contributed by atoms with Crippen molar-refractivity contribution in [3.63, 3.8) is 0 Å². The smallest absolute Gasteiger partial charge is 0.387 e. The van der Waals surface area contributed by atoms with Crippen molar-refractivity contribution in [2.45, 2.75) is 24.5 Å². The van der Waals surface area contributed by atoms with Gasteiger partial charge in [0.1, 0.15) is 5.75 Å². The lowest BCUT2D eigenvalue weighted by molar-refractivity contribution is -0.126. The third kappa shape index (κ3) is 5.01. The second kappa shape index (κ2) is 9.05. The molecule has 3 rings (SSSR count). The first kappa shape index (κ1) is 20.1. The molecule has 1 aliphatic heterocycles. The molecule has 2 amide bonds. The van der Waals surface area contributed by atoms with Gasteiger partial charge in [0.05, 0.1) is 5.92 Å². The molecule has 28 heavy (non-hydrogen) atoms. The molecule has 0 spiro atoms. The maximum Gasteiger partial charge on any atom is 0.387 e. The predicted octanol–water partition coefficient (Wildman–Crippen LogP) is 3.68. The van der Waals surface area contributed by atoms with E-state index in [1.807, 2.05) is 30.5 Å². The number of rotatable bonds is 7. The lowest BCUT2D eigenvalue weighted by Gasteiger charge is -2.17. The molecule has 2 aromatic rings. The molecule has 0 bridgehead atoms. The minimum absolute atomic E-state index is 0.0395. The summed E-state index contributed by atoms with van der Waals surface area (Å²) in [7, 11) is 0. The number of carbonyl (C=O) groups is 2. The van der Waals surface area contributed by atoms with Crippen molar-refractivity contribution in [3.8, 4) is 5.75 Å². The summed E-state index contributed by atoms with van der Waals surface area (Å²) in [5, 5.41) is 2.77. The van der Waals surface area contributed by atoms with Gasteiger partial charge in [-0.25, -0.2) is 0 Å². The van der Waals surface area contributed by atoms with Crippen molar-refractivity contribution in [3.05, 3.63) is 54.1 Å². The molecule has 1 atom stereocenters. The van der Waals surface area contributed by atoms with E-state index in [0.717, 1.165) is 10.6 Å². The van der Waals surface area contributed by atoms with Gasteiger partial charge in [0, 0.05) is 30.1 Å². The van der Waals surface area contributed by atoms with E-state index in [2.05, 4.69) is 10.1 Å². The van der Waals surface area contributed by atoms with Crippen LogP contribution in [0.15, 0.2) is 53.4 Å². The zero-order valence-corrected chi connectivity index (χ0v) is 16.0. The number of nitrogens with one attached hydrogen (secondary N) is 1. The van der Waals surface area contributed by atoms with Crippen molar-refractivity contribution in [1.82, 2.24) is 5.32 Å². The number of benzene rings is 2. The van der Waals surface area contributed by atoms with Crippen LogP contribution >= 0.6 is 11.8 Å². The molecular weight excluding hydrogens is 386 g/mol. The second-order valence-electron chi connectivity index (χ2n) is 6.35. The van der Waals surface area contributed by atoms with Gasteiger partial charge in [-0.3, -0.25) is 9.59 Å². The van der Waals surface area contributed by atoms with Crippen molar-refractivity contribution < 1.29 is 23.1 Å². The van der Waals surface area contributed by atoms with Crippen molar-refractivity contribution in [1.29, 1.82) is 0 Å². The minimum Gasteiger partial charge on any atom is -0.435 e. The van der Waals surface area contributed by atoms with Crippen LogP contribution in [0.4, 0.5) is 14.5 Å². The zero-order valence-electron chi connectivity index (χ0n) is 15.2. The van der Waals surface area contributed by atoms with Gasteiger partial charge in [0.25, 0.3) is 0 Å². The molecule has 1 heterocycles. The van der Waals surface area contributed by atoms with Gasteiger partial charge in [-0.05, 0) is 48.2 Å². The number of hydrogen-bond donors (Lipinski definition) is 1. The van der Waals surface area contributed by atoms with Gasteiger partial charge >= 0.3 is 6.61 Å². The summed E-state index contributed by atoms with van der Waals surface area (Å²) in [5.41, 5.74) is 1.41. The molecule has 0 aliphatic carbocycles. The molecule has 2 aromatic carbocycles. The van der Waals surface area contributed by atoms with Gasteiger partial charge in [0.15, 0.2) is 0 Å². The highest BCUT2D eigenvalue weighted by Gasteiger charge is 2.34. The number of alkyl halides is 2. The fourth-order valence-corrected chi connectivity index (χ4v) is 3.47. The molecule has 1 saturated heterocycles. The van der Waals surface area contributed by atoms with Crippen LogP contribution in [0.5, 0.6) is 5.75 Å². The quantitative estimate of drug-likeness (QED) is 0.713. The maximum absolute atomic E-state index is 12.5. The summed E-state index contributed by atoms with van der Waals surface area (Å²) in [6, 6.07) is 13.8. The zero-order chi connectivity index (χ0) is 20.1. The van der Waals surface area contributed by atoms with Gasteiger partial charge in [-0.15, -0.1) is 11.8 Å². The van der Waals surface area contributed by atoms with Crippen LogP contribution in [0.25, 0.3) is 0 Å². The number of thioether (sulfide) groups is 1. The van der Waals surface area contributed by atoms with Crippen molar-refractivity contribution >= 4 is 29.3 Å². The lowest BCUT2D eigenvalue weighted by atomic mass is 10.1. The summed E-state index contributed by atoms with van der Waals surface area (Å²) < 4.78 is 28.9. The average Bonchev–Trinajstić information content (AvgIpc) is 3.08. The van der Waals surface area contributed by atoms with Crippen molar-refractivity contribution in [2.75, 3.05) is 17.7 Å². The van der Waals surface area contributed by atoms with Crippen LogP contribution < -0.4 is 15.0 Å². The Bertz CT molecular complexity index is 846. The summed E-state index contributed by atoms with van der Waals surface area (Å²) in [4.78, 5) is 27.5. The number of hydrogen-bond acceptors (Lipinski definition) is 4. The molecule has 1 unspecified atom stereocenters. The molecule has 0 radical (unpaired) electrons. The van der Waals surface area contributed by atoms with Crippen LogP contribution in [0.2, 0.25) is 0 Å². The molecule has 1 aliphatic rings. The second-order valence-corrected chi connectivity index (χ2v) is 7.23. The standard InChI is InChI=1S/C20H20F2N2O3S/c1-28-17-7-5-15(6-8-17)24-12-14(10-18(24)25)19(26)23-11-13-3-2-4-16(9-13)27-20(21)22/h2-9,14,20H,10-12H2,1H3,(H,23,26). The van der Waals surface area contributed by atoms with E-state index in [4.69, 9.17) is 0 Å². The van der Waals surface area contributed by atoms with Crippen LogP contribution in [-0.4, -0.2) is 31.2 Å². The fraction of sp³-hybridized carbons (Fsp3) is 0.300. The average molecular weight is 406 g/mol. The summed E-state index contributed by atoms with van der Waals surface area (Å²) >= 11 is 1.62. The van der Waals surface area contributed by atoms with E-state index in [9.17, 15) is 18.4 Å². The van der Waals surface area contributed by atoms with Crippen LogP contribution in [0, 0.1) is 5.92 Å². The highest BCUT2D eigenvalue weighted by Crippen LogP contribution is 2.27. The van der Waals surface area contributed by atoms with E-state index in [1.165, 1.54) is 12.1 Å². The summed E-state index contributed by atoms with van der Waals surface area (Å²) in [6.45, 7) is -2.41. The first-order valence-electron chi connectivity index (χ1n) is 8.72. The third-order valence-corrected chi connectivity index (χ3v) is 5.21. The Morgan fingerprint density at radius 2 is 2.04 bits per heavy atom. The molecular formula is C20H20F2N2O3S. The van der Waals surface area contributed by atoms with Crippen molar-refractivity contribution in [2.24, 2.45) is 5.92 Å². The maximum atomic E-state index is 12.5. The Hall–Kier alpha value is -2.61. The number of carbonyl (C=O) groups excluding carboxylic acids is 2. The van der Waals surface area contributed by atoms with E-state index >= 15 is 0 Å². The molecule has 0 aromatic heterocycles. The minimum atomic E-state index is -2.90. The number of nitrogens with zero attached hydrogens (tertiary/aromatic N) is 1. The monoisotopic (exact) mass is 406 g/mol. The molecule has 1 N–H and O–H groups in total. The number of ether oxygens (including phenoxy) is 1. The highest BCUT2D eigenvalue weighted by atomic mass is 32.2.